The molecule has 0 spiro atoms. The lowest BCUT2D eigenvalue weighted by molar-refractivity contribution is -0.123. The Labute approximate surface area is 126 Å². The van der Waals surface area contributed by atoms with Crippen LogP contribution < -0.4 is 5.32 Å². The number of nitrogens with zero attached hydrogens (tertiary/aromatic N) is 2. The summed E-state index contributed by atoms with van der Waals surface area (Å²) in [5.41, 5.74) is 0. The quantitative estimate of drug-likeness (QED) is 0.792. The van der Waals surface area contributed by atoms with Crippen LogP contribution in [0, 0.1) is 0 Å². The smallest absolute Gasteiger partial charge is 0.222 e. The maximum atomic E-state index is 12.3. The second kappa shape index (κ2) is 8.17. The van der Waals surface area contributed by atoms with Crippen molar-refractivity contribution in [1.29, 1.82) is 0 Å². The largest absolute Gasteiger partial charge is 0.391 e. The third-order valence-corrected chi connectivity index (χ3v) is 4.32. The maximum Gasteiger partial charge on any atom is 0.222 e. The predicted molar refractivity (Wildman–Crippen MR) is 81.8 cm³/mol. The average Bonchev–Trinajstić information content (AvgIpc) is 2.92. The van der Waals surface area contributed by atoms with E-state index in [2.05, 4.69) is 17.2 Å². The van der Waals surface area contributed by atoms with Crippen LogP contribution in [-0.2, 0) is 4.79 Å². The number of aromatic nitrogens is 2. The van der Waals surface area contributed by atoms with Crippen LogP contribution in [0.5, 0.6) is 0 Å². The number of aliphatic hydroxyl groups is 1. The predicted octanol–water partition coefficient (Wildman–Crippen LogP) is 2.42. The van der Waals surface area contributed by atoms with Gasteiger partial charge in [0.2, 0.25) is 5.91 Å². The van der Waals surface area contributed by atoms with Gasteiger partial charge in [0.25, 0.3) is 0 Å². The number of carbonyl (C=O) groups excluding carboxylic acids is 1. The summed E-state index contributed by atoms with van der Waals surface area (Å²) >= 11 is 0. The Morgan fingerprint density at radius 2 is 2.24 bits per heavy atom. The summed E-state index contributed by atoms with van der Waals surface area (Å²) in [4.78, 5) is 16.4. The summed E-state index contributed by atoms with van der Waals surface area (Å²) < 4.78 is 2.01. The SMILES string of the molecule is CCCC(CC(=O)NC1CCCCCC1O)n1ccnc1. The Bertz CT molecular complexity index is 419. The molecular weight excluding hydrogens is 266 g/mol. The van der Waals surface area contributed by atoms with Crippen molar-refractivity contribution in [2.45, 2.75) is 76.5 Å². The van der Waals surface area contributed by atoms with Gasteiger partial charge >= 0.3 is 0 Å². The van der Waals surface area contributed by atoms with E-state index in [1.807, 2.05) is 10.8 Å². The molecule has 1 amide bonds. The molecule has 2 N–H and O–H groups in total. The Morgan fingerprint density at radius 3 is 2.95 bits per heavy atom. The van der Waals surface area contributed by atoms with E-state index in [4.69, 9.17) is 0 Å². The fourth-order valence-electron chi connectivity index (χ4n) is 3.11. The highest BCUT2D eigenvalue weighted by atomic mass is 16.3. The van der Waals surface area contributed by atoms with Crippen molar-refractivity contribution >= 4 is 5.91 Å². The van der Waals surface area contributed by atoms with Gasteiger partial charge in [0, 0.05) is 24.9 Å². The van der Waals surface area contributed by atoms with Crippen LogP contribution in [0.2, 0.25) is 0 Å². The van der Waals surface area contributed by atoms with Gasteiger partial charge in [-0.2, -0.15) is 0 Å². The van der Waals surface area contributed by atoms with E-state index in [1.165, 1.54) is 0 Å². The fourth-order valence-corrected chi connectivity index (χ4v) is 3.11. The lowest BCUT2D eigenvalue weighted by Gasteiger charge is -2.24. The third kappa shape index (κ3) is 4.84. The van der Waals surface area contributed by atoms with Gasteiger partial charge in [-0.1, -0.05) is 32.6 Å². The van der Waals surface area contributed by atoms with Gasteiger partial charge in [0.1, 0.15) is 0 Å². The van der Waals surface area contributed by atoms with E-state index in [1.54, 1.807) is 12.5 Å². The fraction of sp³-hybridized carbons (Fsp3) is 0.750. The van der Waals surface area contributed by atoms with Crippen LogP contribution in [-0.4, -0.2) is 32.7 Å². The van der Waals surface area contributed by atoms with Crippen molar-refractivity contribution < 1.29 is 9.90 Å². The van der Waals surface area contributed by atoms with Crippen LogP contribution >= 0.6 is 0 Å². The number of aliphatic hydroxyl groups excluding tert-OH is 1. The number of nitrogens with one attached hydrogen (secondary N) is 1. The summed E-state index contributed by atoms with van der Waals surface area (Å²) in [5, 5.41) is 13.1. The standard InChI is InChI=1S/C16H27N3O2/c1-2-6-13(19-10-9-17-12-19)11-16(21)18-14-7-4-3-5-8-15(14)20/h9-10,12-15,20H,2-8,11H2,1H3,(H,18,21). The summed E-state index contributed by atoms with van der Waals surface area (Å²) in [7, 11) is 0. The molecule has 1 heterocycles. The lowest BCUT2D eigenvalue weighted by Crippen LogP contribution is -2.43. The van der Waals surface area contributed by atoms with Gasteiger partial charge in [-0.05, 0) is 19.3 Å². The molecular formula is C16H27N3O2. The Hall–Kier alpha value is -1.36. The molecule has 1 aliphatic carbocycles. The van der Waals surface area contributed by atoms with Gasteiger partial charge in [-0.25, -0.2) is 4.98 Å². The first-order valence-corrected chi connectivity index (χ1v) is 8.15. The number of hydrogen-bond acceptors (Lipinski definition) is 3. The molecule has 2 rings (SSSR count). The zero-order chi connectivity index (χ0) is 15.1. The molecule has 0 aromatic carbocycles. The normalized spacial score (nSPS) is 24.3. The molecule has 0 aliphatic heterocycles. The molecule has 1 saturated carbocycles. The van der Waals surface area contributed by atoms with Gasteiger partial charge < -0.3 is 15.0 Å². The molecule has 1 aliphatic rings. The summed E-state index contributed by atoms with van der Waals surface area (Å²) in [6.07, 6.45) is 12.4. The molecule has 1 fully saturated rings. The highest BCUT2D eigenvalue weighted by Gasteiger charge is 2.24. The minimum Gasteiger partial charge on any atom is -0.391 e. The summed E-state index contributed by atoms with van der Waals surface area (Å²) in [6, 6.07) is 0.0745. The maximum absolute atomic E-state index is 12.3. The van der Waals surface area contributed by atoms with Crippen LogP contribution in [0.1, 0.15) is 64.3 Å². The third-order valence-electron chi connectivity index (χ3n) is 4.32. The second-order valence-electron chi connectivity index (χ2n) is 6.04. The van der Waals surface area contributed by atoms with Crippen molar-refractivity contribution in [2.75, 3.05) is 0 Å². The minimum atomic E-state index is -0.394. The average molecular weight is 293 g/mol. The number of amides is 1. The monoisotopic (exact) mass is 293 g/mol. The Kier molecular flexibility index (Phi) is 6.23. The van der Waals surface area contributed by atoms with E-state index in [0.717, 1.165) is 44.9 Å². The van der Waals surface area contributed by atoms with Crippen molar-refractivity contribution in [3.63, 3.8) is 0 Å². The van der Waals surface area contributed by atoms with Gasteiger partial charge in [-0.3, -0.25) is 4.79 Å². The van der Waals surface area contributed by atoms with E-state index < -0.39 is 6.10 Å². The van der Waals surface area contributed by atoms with Crippen molar-refractivity contribution in [3.05, 3.63) is 18.7 Å². The van der Waals surface area contributed by atoms with E-state index in [0.29, 0.717) is 6.42 Å². The van der Waals surface area contributed by atoms with Crippen LogP contribution in [0.3, 0.4) is 0 Å². The summed E-state index contributed by atoms with van der Waals surface area (Å²) in [5.74, 6) is 0.0353. The molecule has 21 heavy (non-hydrogen) atoms. The zero-order valence-corrected chi connectivity index (χ0v) is 12.9. The number of imidazole rings is 1. The summed E-state index contributed by atoms with van der Waals surface area (Å²) in [6.45, 7) is 2.12. The number of rotatable bonds is 6. The van der Waals surface area contributed by atoms with E-state index >= 15 is 0 Å². The molecule has 0 radical (unpaired) electrons. The van der Waals surface area contributed by atoms with E-state index in [9.17, 15) is 9.90 Å². The highest BCUT2D eigenvalue weighted by Crippen LogP contribution is 2.20. The van der Waals surface area contributed by atoms with E-state index in [-0.39, 0.29) is 18.0 Å². The molecule has 5 heteroatoms. The highest BCUT2D eigenvalue weighted by molar-refractivity contribution is 5.76. The molecule has 1 aromatic rings. The first kappa shape index (κ1) is 16.0. The molecule has 3 unspecified atom stereocenters. The van der Waals surface area contributed by atoms with Crippen molar-refractivity contribution in [3.8, 4) is 0 Å². The lowest BCUT2D eigenvalue weighted by atomic mass is 10.0. The Morgan fingerprint density at radius 1 is 1.43 bits per heavy atom. The molecule has 1 aromatic heterocycles. The number of carbonyl (C=O) groups is 1. The van der Waals surface area contributed by atoms with Crippen LogP contribution in [0.25, 0.3) is 0 Å². The second-order valence-corrected chi connectivity index (χ2v) is 6.04. The topological polar surface area (TPSA) is 67.2 Å². The van der Waals surface area contributed by atoms with Crippen molar-refractivity contribution in [2.24, 2.45) is 0 Å². The van der Waals surface area contributed by atoms with Gasteiger partial charge in [0.15, 0.2) is 0 Å². The van der Waals surface area contributed by atoms with Crippen LogP contribution in [0.15, 0.2) is 18.7 Å². The number of hydrogen-bond donors (Lipinski definition) is 2. The molecule has 3 atom stereocenters. The first-order chi connectivity index (χ1) is 10.2. The van der Waals surface area contributed by atoms with Gasteiger partial charge in [-0.15, -0.1) is 0 Å². The molecule has 5 nitrogen and oxygen atoms in total. The minimum absolute atomic E-state index is 0.0353. The Balaban J connectivity index is 1.89. The molecule has 0 saturated heterocycles. The molecule has 0 bridgehead atoms. The van der Waals surface area contributed by atoms with Crippen LogP contribution in [0.4, 0.5) is 0 Å². The zero-order valence-electron chi connectivity index (χ0n) is 12.9. The first-order valence-electron chi connectivity index (χ1n) is 8.15. The van der Waals surface area contributed by atoms with Crippen molar-refractivity contribution in [1.82, 2.24) is 14.9 Å². The van der Waals surface area contributed by atoms with Gasteiger partial charge in [0.05, 0.1) is 18.5 Å². The molecule has 118 valence electrons.